The molecule has 186 valence electrons. The number of carbonyl (C=O) groups excluding carboxylic acids is 2. The van der Waals surface area contributed by atoms with Gasteiger partial charge in [-0.2, -0.15) is 0 Å². The third-order valence-corrected chi connectivity index (χ3v) is 8.38. The predicted octanol–water partition coefficient (Wildman–Crippen LogP) is 2.08. The molecule has 2 aliphatic heterocycles. The number of ether oxygens (including phenoxy) is 1. The third-order valence-electron chi connectivity index (χ3n) is 7.52. The van der Waals surface area contributed by atoms with Gasteiger partial charge in [-0.1, -0.05) is 6.92 Å². The van der Waals surface area contributed by atoms with E-state index in [9.17, 15) is 29.0 Å². The highest BCUT2D eigenvalue weighted by atomic mass is 79.9. The van der Waals surface area contributed by atoms with Crippen LogP contribution in [0.15, 0.2) is 21.4 Å². The number of amides is 1. The number of aliphatic hydroxyl groups is 2. The Hall–Kier alpha value is -3.15. The van der Waals surface area contributed by atoms with Crippen LogP contribution in [0.1, 0.15) is 53.6 Å². The molecule has 4 heterocycles. The maximum Gasteiger partial charge on any atom is 0.343 e. The number of hydrogen-bond donors (Lipinski definition) is 3. The van der Waals surface area contributed by atoms with E-state index in [-0.39, 0.29) is 30.7 Å². The SMILES string of the molecule is CC[C@@]1(O)C(=O)OCc2c1cc1n(c2=O)Cc2c-1nc1cc(F)c(Br)c3c1c2[C@@H](NC(=O)CO)CC3. The summed E-state index contributed by atoms with van der Waals surface area (Å²) in [5.41, 5.74) is 1.35. The lowest BCUT2D eigenvalue weighted by atomic mass is 9.83. The molecule has 0 spiro atoms. The van der Waals surface area contributed by atoms with Crippen molar-refractivity contribution in [2.45, 2.75) is 51.0 Å². The topological polar surface area (TPSA) is 131 Å². The minimum atomic E-state index is -1.96. The number of hydrogen-bond acceptors (Lipinski definition) is 7. The summed E-state index contributed by atoms with van der Waals surface area (Å²) < 4.78 is 21.8. The number of aromatic nitrogens is 2. The molecule has 0 fully saturated rings. The molecule has 0 radical (unpaired) electrons. The Labute approximate surface area is 212 Å². The van der Waals surface area contributed by atoms with Crippen molar-refractivity contribution in [3.63, 3.8) is 0 Å². The zero-order chi connectivity index (χ0) is 25.5. The second-order valence-electron chi connectivity index (χ2n) is 9.32. The van der Waals surface area contributed by atoms with Gasteiger partial charge in [0, 0.05) is 22.6 Å². The Balaban J connectivity index is 1.66. The largest absolute Gasteiger partial charge is 0.458 e. The molecule has 0 unspecified atom stereocenters. The van der Waals surface area contributed by atoms with Crippen molar-refractivity contribution >= 4 is 38.7 Å². The molecule has 0 bridgehead atoms. The van der Waals surface area contributed by atoms with E-state index in [0.717, 1.165) is 11.1 Å². The van der Waals surface area contributed by atoms with Crippen molar-refractivity contribution in [2.24, 2.45) is 0 Å². The highest BCUT2D eigenvalue weighted by molar-refractivity contribution is 9.10. The number of benzene rings is 1. The van der Waals surface area contributed by atoms with Crippen LogP contribution >= 0.6 is 15.9 Å². The molecule has 0 saturated heterocycles. The van der Waals surface area contributed by atoms with Crippen molar-refractivity contribution in [3.8, 4) is 11.4 Å². The van der Waals surface area contributed by atoms with Crippen molar-refractivity contribution in [1.82, 2.24) is 14.9 Å². The number of aryl methyl sites for hydroxylation is 1. The van der Waals surface area contributed by atoms with Gasteiger partial charge in [0.05, 0.1) is 39.5 Å². The first-order chi connectivity index (χ1) is 17.2. The number of rotatable bonds is 3. The van der Waals surface area contributed by atoms with Gasteiger partial charge in [0.1, 0.15) is 19.0 Å². The molecule has 11 heteroatoms. The van der Waals surface area contributed by atoms with E-state index in [1.54, 1.807) is 13.0 Å². The van der Waals surface area contributed by atoms with Gasteiger partial charge >= 0.3 is 5.97 Å². The first kappa shape index (κ1) is 23.3. The molecule has 3 aliphatic rings. The van der Waals surface area contributed by atoms with Gasteiger partial charge in [0.2, 0.25) is 5.91 Å². The van der Waals surface area contributed by atoms with Crippen LogP contribution < -0.4 is 10.9 Å². The molecular weight excluding hydrogens is 537 g/mol. The summed E-state index contributed by atoms with van der Waals surface area (Å²) in [6.45, 7) is 0.851. The fourth-order valence-electron chi connectivity index (χ4n) is 5.74. The molecule has 2 atom stereocenters. The zero-order valence-corrected chi connectivity index (χ0v) is 20.7. The van der Waals surface area contributed by atoms with E-state index >= 15 is 0 Å². The average Bonchev–Trinajstić information content (AvgIpc) is 3.24. The fraction of sp³-hybridized carbons (Fsp3) is 0.360. The molecule has 1 amide bonds. The lowest BCUT2D eigenvalue weighted by Crippen LogP contribution is -2.44. The number of carbonyl (C=O) groups is 2. The summed E-state index contributed by atoms with van der Waals surface area (Å²) in [6, 6.07) is 2.42. The van der Waals surface area contributed by atoms with Crippen LogP contribution in [-0.2, 0) is 39.5 Å². The fourth-order valence-corrected chi connectivity index (χ4v) is 6.25. The monoisotopic (exact) mass is 557 g/mol. The minimum Gasteiger partial charge on any atom is -0.458 e. The molecule has 0 saturated carbocycles. The number of cyclic esters (lactones) is 1. The van der Waals surface area contributed by atoms with Gasteiger partial charge in [-0.25, -0.2) is 14.2 Å². The number of nitrogens with zero attached hydrogens (tertiary/aromatic N) is 2. The molecule has 3 N–H and O–H groups in total. The van der Waals surface area contributed by atoms with E-state index in [1.165, 1.54) is 10.6 Å². The Morgan fingerprint density at radius 3 is 2.83 bits per heavy atom. The Morgan fingerprint density at radius 1 is 1.33 bits per heavy atom. The highest BCUT2D eigenvalue weighted by Crippen LogP contribution is 2.46. The summed E-state index contributed by atoms with van der Waals surface area (Å²) in [6.07, 6.45) is 0.956. The van der Waals surface area contributed by atoms with Crippen molar-refractivity contribution < 1.29 is 28.9 Å². The third kappa shape index (κ3) is 2.99. The van der Waals surface area contributed by atoms with Gasteiger partial charge in [-0.15, -0.1) is 0 Å². The lowest BCUT2D eigenvalue weighted by molar-refractivity contribution is -0.172. The summed E-state index contributed by atoms with van der Waals surface area (Å²) in [5.74, 6) is -1.84. The quantitative estimate of drug-likeness (QED) is 0.329. The molecule has 1 aliphatic carbocycles. The van der Waals surface area contributed by atoms with Gasteiger partial charge in [-0.05, 0) is 52.4 Å². The lowest BCUT2D eigenvalue weighted by Gasteiger charge is -2.31. The number of pyridine rings is 2. The van der Waals surface area contributed by atoms with Crippen molar-refractivity contribution in [2.75, 3.05) is 6.61 Å². The van der Waals surface area contributed by atoms with Crippen LogP contribution in [0, 0.1) is 5.82 Å². The molecule has 9 nitrogen and oxygen atoms in total. The van der Waals surface area contributed by atoms with Gasteiger partial charge < -0.3 is 24.8 Å². The van der Waals surface area contributed by atoms with Gasteiger partial charge in [0.15, 0.2) is 5.60 Å². The number of halogens is 2. The summed E-state index contributed by atoms with van der Waals surface area (Å²) >= 11 is 3.35. The second-order valence-corrected chi connectivity index (χ2v) is 10.1. The highest BCUT2D eigenvalue weighted by Gasteiger charge is 2.46. The maximum absolute atomic E-state index is 14.8. The molecule has 6 rings (SSSR count). The van der Waals surface area contributed by atoms with Crippen molar-refractivity contribution in [3.05, 3.63) is 60.6 Å². The summed E-state index contributed by atoms with van der Waals surface area (Å²) in [5, 5.41) is 24.0. The van der Waals surface area contributed by atoms with Gasteiger partial charge in [0.25, 0.3) is 5.56 Å². The Kier molecular flexibility index (Phi) is 5.12. The predicted molar refractivity (Wildman–Crippen MR) is 128 cm³/mol. The normalized spacial score (nSPS) is 21.6. The van der Waals surface area contributed by atoms with Gasteiger partial charge in [-0.3, -0.25) is 9.59 Å². The van der Waals surface area contributed by atoms with E-state index in [2.05, 4.69) is 21.2 Å². The van der Waals surface area contributed by atoms with Crippen LogP contribution in [0.2, 0.25) is 0 Å². The smallest absolute Gasteiger partial charge is 0.343 e. The number of fused-ring (bicyclic) bond motifs is 5. The maximum atomic E-state index is 14.8. The van der Waals surface area contributed by atoms with Crippen molar-refractivity contribution in [1.29, 1.82) is 0 Å². The molecule has 3 aromatic rings. The second kappa shape index (κ2) is 7.92. The van der Waals surface area contributed by atoms with E-state index < -0.39 is 41.5 Å². The number of aliphatic hydroxyl groups excluding tert-OH is 1. The number of nitrogens with one attached hydrogen (secondary N) is 1. The molecule has 2 aromatic heterocycles. The minimum absolute atomic E-state index is 0.0167. The van der Waals surface area contributed by atoms with Crippen LogP contribution in [0.3, 0.4) is 0 Å². The average molecular weight is 558 g/mol. The van der Waals surface area contributed by atoms with Crippen LogP contribution in [0.5, 0.6) is 0 Å². The molecular formula is C25H21BrFN3O6. The number of esters is 1. The molecule has 1 aromatic carbocycles. The Morgan fingerprint density at radius 2 is 2.11 bits per heavy atom. The first-order valence-corrected chi connectivity index (χ1v) is 12.4. The van der Waals surface area contributed by atoms with Crippen LogP contribution in [-0.4, -0.2) is 38.2 Å². The first-order valence-electron chi connectivity index (χ1n) is 11.6. The van der Waals surface area contributed by atoms with Crippen LogP contribution in [0.4, 0.5) is 4.39 Å². The standard InChI is InChI=1S/C25H21BrFN3O6/c1-2-25(35)13-5-17-22-11(7-30(17)23(33)12(13)9-36-24(25)34)20-15(28-18(32)8-31)4-3-10-19(20)16(29-22)6-14(27)21(10)26/h5-6,15,31,35H,2-4,7-9H2,1H3,(H,28,32)/t15-,25-/m0/s1. The summed E-state index contributed by atoms with van der Waals surface area (Å²) in [7, 11) is 0. The zero-order valence-electron chi connectivity index (χ0n) is 19.2. The Bertz CT molecular complexity index is 1580. The van der Waals surface area contributed by atoms with E-state index in [0.29, 0.717) is 45.2 Å². The van der Waals surface area contributed by atoms with Crippen LogP contribution in [0.25, 0.3) is 22.3 Å². The van der Waals surface area contributed by atoms with E-state index in [1.807, 2.05) is 0 Å². The van der Waals surface area contributed by atoms with E-state index in [4.69, 9.17) is 9.72 Å². The molecule has 36 heavy (non-hydrogen) atoms. The summed E-state index contributed by atoms with van der Waals surface area (Å²) in [4.78, 5) is 42.8.